The number of fused-ring (bicyclic) bond motifs is 1. The second kappa shape index (κ2) is 5.31. The molecule has 1 saturated heterocycles. The van der Waals surface area contributed by atoms with Gasteiger partial charge in [-0.3, -0.25) is 0 Å². The van der Waals surface area contributed by atoms with E-state index in [0.717, 1.165) is 51.0 Å². The highest BCUT2D eigenvalue weighted by molar-refractivity contribution is 7.10. The molecular formula is C14H20N6S. The topological polar surface area (TPSA) is 58.0 Å². The monoisotopic (exact) mass is 304 g/mol. The van der Waals surface area contributed by atoms with Gasteiger partial charge in [-0.25, -0.2) is 4.68 Å². The van der Waals surface area contributed by atoms with Crippen LogP contribution in [0.5, 0.6) is 0 Å². The lowest BCUT2D eigenvalue weighted by Gasteiger charge is -2.26. The average Bonchev–Trinajstić information content (AvgIpc) is 3.14. The molecule has 0 saturated carbocycles. The van der Waals surface area contributed by atoms with Crippen LogP contribution in [0.25, 0.3) is 0 Å². The Morgan fingerprint density at radius 1 is 1.29 bits per heavy atom. The van der Waals surface area contributed by atoms with Gasteiger partial charge in [-0.1, -0.05) is 0 Å². The Balaban J connectivity index is 1.68. The van der Waals surface area contributed by atoms with Crippen molar-refractivity contribution < 1.29 is 0 Å². The van der Waals surface area contributed by atoms with E-state index in [2.05, 4.69) is 38.6 Å². The summed E-state index contributed by atoms with van der Waals surface area (Å²) in [5, 5.41) is 13.7. The lowest BCUT2D eigenvalue weighted by molar-refractivity contribution is 0.483. The quantitative estimate of drug-likeness (QED) is 0.880. The van der Waals surface area contributed by atoms with E-state index < -0.39 is 0 Å². The number of anilines is 2. The minimum Gasteiger partial charge on any atom is -0.354 e. The van der Waals surface area contributed by atoms with Crippen LogP contribution in [0, 0.1) is 6.92 Å². The van der Waals surface area contributed by atoms with Crippen LogP contribution in [0.3, 0.4) is 0 Å². The summed E-state index contributed by atoms with van der Waals surface area (Å²) in [6.07, 6.45) is 1.07. The Morgan fingerprint density at radius 2 is 2.14 bits per heavy atom. The molecule has 112 valence electrons. The summed E-state index contributed by atoms with van der Waals surface area (Å²) in [6.45, 7) is 7.11. The molecule has 2 aromatic heterocycles. The standard InChI is InChI=1S/C14H20N6S/c1-10-3-9-21-12(10)11-2-4-16-13-17-14(18-20(11)13)19-7-5-15-6-8-19/h3,9,11,15H,2,4-8H2,1H3,(H,16,17,18). The first-order valence-electron chi connectivity index (χ1n) is 7.53. The van der Waals surface area contributed by atoms with Crippen LogP contribution in [0.2, 0.25) is 0 Å². The molecule has 0 radical (unpaired) electrons. The Kier molecular flexibility index (Phi) is 3.31. The molecule has 0 aromatic carbocycles. The summed E-state index contributed by atoms with van der Waals surface area (Å²) in [5.41, 5.74) is 1.36. The molecule has 0 aliphatic carbocycles. The largest absolute Gasteiger partial charge is 0.354 e. The van der Waals surface area contributed by atoms with Crippen molar-refractivity contribution in [3.63, 3.8) is 0 Å². The van der Waals surface area contributed by atoms with E-state index in [0.29, 0.717) is 6.04 Å². The SMILES string of the molecule is Cc1ccsc1C1CCNc2nc(N3CCNCC3)nn21. The van der Waals surface area contributed by atoms with Crippen LogP contribution in [-0.4, -0.2) is 47.5 Å². The van der Waals surface area contributed by atoms with E-state index in [1.807, 2.05) is 11.3 Å². The van der Waals surface area contributed by atoms with Crippen molar-refractivity contribution in [3.8, 4) is 0 Å². The maximum atomic E-state index is 4.80. The molecule has 0 bridgehead atoms. The number of aryl methyl sites for hydroxylation is 1. The molecule has 2 aliphatic rings. The van der Waals surface area contributed by atoms with Crippen LogP contribution in [0.4, 0.5) is 11.9 Å². The predicted molar refractivity (Wildman–Crippen MR) is 85.4 cm³/mol. The predicted octanol–water partition coefficient (Wildman–Crippen LogP) is 1.46. The first-order valence-corrected chi connectivity index (χ1v) is 8.41. The van der Waals surface area contributed by atoms with Crippen LogP contribution in [0.15, 0.2) is 11.4 Å². The highest BCUT2D eigenvalue weighted by Crippen LogP contribution is 2.34. The lowest BCUT2D eigenvalue weighted by Crippen LogP contribution is -2.44. The number of piperazine rings is 1. The smallest absolute Gasteiger partial charge is 0.246 e. The molecule has 1 unspecified atom stereocenters. The van der Waals surface area contributed by atoms with Crippen LogP contribution < -0.4 is 15.5 Å². The van der Waals surface area contributed by atoms with E-state index in [1.54, 1.807) is 0 Å². The molecule has 2 aromatic rings. The molecule has 1 fully saturated rings. The number of hydrogen-bond donors (Lipinski definition) is 2. The molecule has 1 atom stereocenters. The van der Waals surface area contributed by atoms with E-state index in [1.165, 1.54) is 10.4 Å². The number of thiophene rings is 1. The van der Waals surface area contributed by atoms with Gasteiger partial charge in [-0.05, 0) is 30.4 Å². The number of nitrogens with one attached hydrogen (secondary N) is 2. The minimum absolute atomic E-state index is 0.324. The van der Waals surface area contributed by atoms with Gasteiger partial charge in [0.15, 0.2) is 0 Å². The summed E-state index contributed by atoms with van der Waals surface area (Å²) in [4.78, 5) is 8.39. The molecule has 4 rings (SSSR count). The van der Waals surface area contributed by atoms with Gasteiger partial charge in [0.25, 0.3) is 0 Å². The normalized spacial score (nSPS) is 22.0. The van der Waals surface area contributed by atoms with E-state index >= 15 is 0 Å². The summed E-state index contributed by atoms with van der Waals surface area (Å²) in [7, 11) is 0. The summed E-state index contributed by atoms with van der Waals surface area (Å²) in [6, 6.07) is 2.51. The summed E-state index contributed by atoms with van der Waals surface area (Å²) >= 11 is 1.82. The van der Waals surface area contributed by atoms with Gasteiger partial charge >= 0.3 is 0 Å². The van der Waals surface area contributed by atoms with Crippen molar-refractivity contribution in [2.45, 2.75) is 19.4 Å². The zero-order chi connectivity index (χ0) is 14.2. The summed E-state index contributed by atoms with van der Waals surface area (Å²) in [5.74, 6) is 1.77. The van der Waals surface area contributed by atoms with Gasteiger partial charge in [0.05, 0.1) is 6.04 Å². The van der Waals surface area contributed by atoms with Crippen molar-refractivity contribution in [2.24, 2.45) is 0 Å². The van der Waals surface area contributed by atoms with Crippen LogP contribution in [-0.2, 0) is 0 Å². The number of hydrogen-bond acceptors (Lipinski definition) is 6. The average molecular weight is 304 g/mol. The number of nitrogens with zero attached hydrogens (tertiary/aromatic N) is 4. The first-order chi connectivity index (χ1) is 10.3. The Bertz CT molecular complexity index is 627. The Labute approximate surface area is 128 Å². The molecule has 0 amide bonds. The Hall–Kier alpha value is -1.60. The molecule has 2 aliphatic heterocycles. The van der Waals surface area contributed by atoms with E-state index in [-0.39, 0.29) is 0 Å². The van der Waals surface area contributed by atoms with Crippen LogP contribution >= 0.6 is 11.3 Å². The van der Waals surface area contributed by atoms with Crippen molar-refractivity contribution in [1.82, 2.24) is 20.1 Å². The minimum atomic E-state index is 0.324. The van der Waals surface area contributed by atoms with Gasteiger partial charge in [-0.2, -0.15) is 4.98 Å². The third-order valence-electron chi connectivity index (χ3n) is 4.22. The fourth-order valence-electron chi connectivity index (χ4n) is 3.06. The first kappa shape index (κ1) is 13.1. The zero-order valence-corrected chi connectivity index (χ0v) is 13.0. The van der Waals surface area contributed by atoms with Crippen molar-refractivity contribution in [3.05, 3.63) is 21.9 Å². The third-order valence-corrected chi connectivity index (χ3v) is 5.34. The molecular weight excluding hydrogens is 284 g/mol. The molecule has 21 heavy (non-hydrogen) atoms. The fraction of sp³-hybridized carbons (Fsp3) is 0.571. The van der Waals surface area contributed by atoms with E-state index in [4.69, 9.17) is 10.1 Å². The summed E-state index contributed by atoms with van der Waals surface area (Å²) < 4.78 is 2.08. The molecule has 4 heterocycles. The van der Waals surface area contributed by atoms with E-state index in [9.17, 15) is 0 Å². The molecule has 7 heteroatoms. The maximum absolute atomic E-state index is 4.80. The molecule has 2 N–H and O–H groups in total. The Morgan fingerprint density at radius 3 is 2.90 bits per heavy atom. The van der Waals surface area contributed by atoms with Gasteiger partial charge < -0.3 is 15.5 Å². The third kappa shape index (κ3) is 2.30. The second-order valence-corrected chi connectivity index (χ2v) is 6.56. The number of aromatic nitrogens is 3. The zero-order valence-electron chi connectivity index (χ0n) is 12.2. The van der Waals surface area contributed by atoms with Crippen molar-refractivity contribution in [2.75, 3.05) is 42.9 Å². The maximum Gasteiger partial charge on any atom is 0.246 e. The second-order valence-electron chi connectivity index (χ2n) is 5.62. The fourth-order valence-corrected chi connectivity index (χ4v) is 4.11. The van der Waals surface area contributed by atoms with Crippen molar-refractivity contribution in [1.29, 1.82) is 0 Å². The van der Waals surface area contributed by atoms with Gasteiger partial charge in [0, 0.05) is 37.6 Å². The number of rotatable bonds is 2. The van der Waals surface area contributed by atoms with Gasteiger partial charge in [0.2, 0.25) is 11.9 Å². The van der Waals surface area contributed by atoms with Crippen molar-refractivity contribution >= 4 is 23.2 Å². The lowest BCUT2D eigenvalue weighted by atomic mass is 10.1. The molecule has 0 spiro atoms. The van der Waals surface area contributed by atoms with Gasteiger partial charge in [0.1, 0.15) is 0 Å². The van der Waals surface area contributed by atoms with Gasteiger partial charge in [-0.15, -0.1) is 16.4 Å². The highest BCUT2D eigenvalue weighted by atomic mass is 32.1. The molecule has 6 nitrogen and oxygen atoms in total. The highest BCUT2D eigenvalue weighted by Gasteiger charge is 2.28. The van der Waals surface area contributed by atoms with Crippen LogP contribution in [0.1, 0.15) is 22.9 Å².